The molecule has 0 aliphatic rings. The van der Waals surface area contributed by atoms with Gasteiger partial charge in [-0.25, -0.2) is 18.7 Å². The quantitative estimate of drug-likeness (QED) is 0.243. The fraction of sp³-hybridized carbons (Fsp3) is 0.333. The lowest BCUT2D eigenvalue weighted by Crippen LogP contribution is -2.46. The van der Waals surface area contributed by atoms with Crippen molar-refractivity contribution in [3.05, 3.63) is 52.5 Å². The van der Waals surface area contributed by atoms with E-state index in [1.54, 1.807) is 0 Å². The molecule has 3 rings (SSSR count). The summed E-state index contributed by atoms with van der Waals surface area (Å²) >= 11 is 3.26. The monoisotopic (exact) mass is 529 g/mol. The molecule has 1 aromatic heterocycles. The van der Waals surface area contributed by atoms with Crippen molar-refractivity contribution in [1.82, 2.24) is 9.97 Å². The lowest BCUT2D eigenvalue weighted by Gasteiger charge is -2.27. The van der Waals surface area contributed by atoms with E-state index in [0.717, 1.165) is 0 Å². The summed E-state index contributed by atoms with van der Waals surface area (Å²) in [5.41, 5.74) is 0.732. The lowest BCUT2D eigenvalue weighted by atomic mass is 9.95. The molecular weight excluding hydrogens is 508 g/mol. The zero-order valence-corrected chi connectivity index (χ0v) is 18.8. The van der Waals surface area contributed by atoms with E-state index in [0.29, 0.717) is 26.9 Å². The summed E-state index contributed by atoms with van der Waals surface area (Å²) in [5.74, 6) is -0.0668. The maximum absolute atomic E-state index is 14.8. The van der Waals surface area contributed by atoms with Gasteiger partial charge in [-0.2, -0.15) is 0 Å². The van der Waals surface area contributed by atoms with Crippen molar-refractivity contribution < 1.29 is 39.1 Å². The number of fused-ring (bicyclic) bond motifs is 1. The van der Waals surface area contributed by atoms with Gasteiger partial charge in [0.05, 0.1) is 24.9 Å². The minimum absolute atomic E-state index is 0.0399. The topological polar surface area (TPSA) is 148 Å². The first-order valence-corrected chi connectivity index (χ1v) is 10.5. The number of rotatable bonds is 9. The molecule has 3 aromatic rings. The largest absolute Gasteiger partial charge is 0.496 e. The van der Waals surface area contributed by atoms with Gasteiger partial charge < -0.3 is 35.6 Å². The van der Waals surface area contributed by atoms with Crippen LogP contribution in [0.3, 0.4) is 0 Å². The highest BCUT2D eigenvalue weighted by Crippen LogP contribution is 2.36. The molecule has 1 unspecified atom stereocenters. The first-order valence-electron chi connectivity index (χ1n) is 9.69. The maximum Gasteiger partial charge on any atom is 0.159 e. The molecule has 0 aliphatic heterocycles. The second-order valence-electron chi connectivity index (χ2n) is 7.20. The highest BCUT2D eigenvalue weighted by Gasteiger charge is 2.37. The third-order valence-electron chi connectivity index (χ3n) is 5.05. The van der Waals surface area contributed by atoms with Gasteiger partial charge in [0, 0.05) is 15.4 Å². The van der Waals surface area contributed by atoms with Crippen molar-refractivity contribution >= 4 is 38.3 Å². The number of nitrogens with one attached hydrogen (secondary N) is 1. The molecule has 0 aliphatic carbocycles. The van der Waals surface area contributed by atoms with Gasteiger partial charge in [0.2, 0.25) is 0 Å². The standard InChI is InChI=1S/C21H22BrF2N3O6/c1-33-16-6-10-14(5-11(16)18(30)17(24)20(32)19(31)15(29)7-28)25-8-26-21(10)27-13-3-2-9(23)4-12(13)22/h2-6,8,15,17-20,28-32H,7H2,1H3,(H,25,26,27)/t15-,17-,18?,19+,20+/m1/s1. The Kier molecular flexibility index (Phi) is 8.10. The molecular formula is C21H22BrF2N3O6. The number of hydrogen-bond donors (Lipinski definition) is 6. The minimum Gasteiger partial charge on any atom is -0.496 e. The highest BCUT2D eigenvalue weighted by molar-refractivity contribution is 9.10. The van der Waals surface area contributed by atoms with Crippen LogP contribution in [0.15, 0.2) is 41.1 Å². The number of benzene rings is 2. The van der Waals surface area contributed by atoms with Gasteiger partial charge in [0.15, 0.2) is 6.17 Å². The second kappa shape index (κ2) is 10.6. The van der Waals surface area contributed by atoms with Crippen LogP contribution in [0.2, 0.25) is 0 Å². The first-order chi connectivity index (χ1) is 15.7. The number of alkyl halides is 1. The zero-order chi connectivity index (χ0) is 24.3. The summed E-state index contributed by atoms with van der Waals surface area (Å²) in [4.78, 5) is 8.30. The van der Waals surface area contributed by atoms with E-state index >= 15 is 0 Å². The molecule has 33 heavy (non-hydrogen) atoms. The number of aliphatic hydroxyl groups excluding tert-OH is 5. The van der Waals surface area contributed by atoms with E-state index in [4.69, 9.17) is 9.84 Å². The molecule has 0 spiro atoms. The Labute approximate surface area is 195 Å². The smallest absolute Gasteiger partial charge is 0.159 e. The van der Waals surface area contributed by atoms with Gasteiger partial charge in [0.25, 0.3) is 0 Å². The lowest BCUT2D eigenvalue weighted by molar-refractivity contribution is -0.119. The normalized spacial score (nSPS) is 16.2. The molecule has 0 radical (unpaired) electrons. The molecule has 1 heterocycles. The van der Waals surface area contributed by atoms with Crippen LogP contribution in [-0.2, 0) is 0 Å². The average molecular weight is 530 g/mol. The van der Waals surface area contributed by atoms with E-state index in [1.807, 2.05) is 0 Å². The molecule has 0 amide bonds. The number of nitrogens with zero attached hydrogens (tertiary/aromatic N) is 2. The molecule has 0 bridgehead atoms. The summed E-state index contributed by atoms with van der Waals surface area (Å²) in [6.07, 6.45) is -9.18. The van der Waals surface area contributed by atoms with Crippen molar-refractivity contribution in [2.24, 2.45) is 0 Å². The van der Waals surface area contributed by atoms with Crippen LogP contribution < -0.4 is 10.1 Å². The second-order valence-corrected chi connectivity index (χ2v) is 8.06. The van der Waals surface area contributed by atoms with Crippen LogP contribution in [0, 0.1) is 5.82 Å². The summed E-state index contributed by atoms with van der Waals surface area (Å²) in [7, 11) is 1.29. The summed E-state index contributed by atoms with van der Waals surface area (Å²) in [6, 6.07) is 6.82. The van der Waals surface area contributed by atoms with E-state index in [9.17, 15) is 29.2 Å². The zero-order valence-electron chi connectivity index (χ0n) is 17.2. The van der Waals surface area contributed by atoms with Gasteiger partial charge in [-0.05, 0) is 46.3 Å². The fourth-order valence-corrected chi connectivity index (χ4v) is 3.66. The number of methoxy groups -OCH3 is 1. The Balaban J connectivity index is 1.98. The SMILES string of the molecule is COc1cc2c(Nc3ccc(F)cc3Br)ncnc2cc1C(O)[C@@H](F)[C@H](O)[C@@H](O)[C@H](O)CO. The van der Waals surface area contributed by atoms with Crippen molar-refractivity contribution in [1.29, 1.82) is 0 Å². The van der Waals surface area contributed by atoms with Gasteiger partial charge in [-0.1, -0.05) is 0 Å². The Morgan fingerprint density at radius 1 is 1.09 bits per heavy atom. The van der Waals surface area contributed by atoms with Gasteiger partial charge >= 0.3 is 0 Å². The Morgan fingerprint density at radius 2 is 1.82 bits per heavy atom. The predicted octanol–water partition coefficient (Wildman–Crippen LogP) is 1.73. The summed E-state index contributed by atoms with van der Waals surface area (Å²) < 4.78 is 33.9. The minimum atomic E-state index is -2.43. The number of ether oxygens (including phenoxy) is 1. The van der Waals surface area contributed by atoms with Crippen molar-refractivity contribution in [3.63, 3.8) is 0 Å². The molecule has 178 valence electrons. The van der Waals surface area contributed by atoms with E-state index in [1.165, 1.54) is 43.8 Å². The van der Waals surface area contributed by atoms with Gasteiger partial charge in [-0.3, -0.25) is 0 Å². The van der Waals surface area contributed by atoms with Crippen LogP contribution in [0.1, 0.15) is 11.7 Å². The van der Waals surface area contributed by atoms with Crippen molar-refractivity contribution in [2.75, 3.05) is 19.0 Å². The van der Waals surface area contributed by atoms with Crippen LogP contribution >= 0.6 is 15.9 Å². The number of anilines is 2. The molecule has 0 saturated carbocycles. The van der Waals surface area contributed by atoms with E-state index in [2.05, 4.69) is 31.2 Å². The summed E-state index contributed by atoms with van der Waals surface area (Å²) in [6.45, 7) is -0.906. The van der Waals surface area contributed by atoms with Gasteiger partial charge in [0.1, 0.15) is 48.1 Å². The van der Waals surface area contributed by atoms with Crippen LogP contribution in [0.25, 0.3) is 10.9 Å². The molecule has 5 atom stereocenters. The Morgan fingerprint density at radius 3 is 2.45 bits per heavy atom. The number of aromatic nitrogens is 2. The first kappa shape index (κ1) is 25.1. The Bertz CT molecular complexity index is 1120. The van der Waals surface area contributed by atoms with Gasteiger partial charge in [-0.15, -0.1) is 0 Å². The van der Waals surface area contributed by atoms with Crippen LogP contribution in [-0.4, -0.2) is 73.7 Å². The fourth-order valence-electron chi connectivity index (χ4n) is 3.21. The summed E-state index contributed by atoms with van der Waals surface area (Å²) in [5, 5.41) is 52.1. The molecule has 0 saturated heterocycles. The third-order valence-corrected chi connectivity index (χ3v) is 5.70. The Hall–Kier alpha value is -2.48. The molecule has 2 aromatic carbocycles. The number of aliphatic hydroxyl groups is 5. The average Bonchev–Trinajstić information content (AvgIpc) is 2.82. The highest BCUT2D eigenvalue weighted by atomic mass is 79.9. The molecule has 0 fully saturated rings. The van der Waals surface area contributed by atoms with Crippen molar-refractivity contribution in [3.8, 4) is 5.75 Å². The molecule has 6 N–H and O–H groups in total. The molecule has 9 nitrogen and oxygen atoms in total. The number of halogens is 3. The van der Waals surface area contributed by atoms with E-state index in [-0.39, 0.29) is 11.3 Å². The van der Waals surface area contributed by atoms with E-state index < -0.39 is 43.0 Å². The number of hydrogen-bond acceptors (Lipinski definition) is 9. The van der Waals surface area contributed by atoms with Crippen LogP contribution in [0.4, 0.5) is 20.3 Å². The predicted molar refractivity (Wildman–Crippen MR) is 118 cm³/mol. The maximum atomic E-state index is 14.8. The third kappa shape index (κ3) is 5.37. The van der Waals surface area contributed by atoms with Crippen molar-refractivity contribution in [2.45, 2.75) is 30.6 Å². The molecule has 12 heteroatoms. The van der Waals surface area contributed by atoms with Crippen LogP contribution in [0.5, 0.6) is 5.75 Å².